The summed E-state index contributed by atoms with van der Waals surface area (Å²) in [6.07, 6.45) is -0.698. The molecule has 1 rings (SSSR count). The van der Waals surface area contributed by atoms with Gasteiger partial charge in [0.1, 0.15) is 23.9 Å². The molecule has 0 aliphatic heterocycles. The summed E-state index contributed by atoms with van der Waals surface area (Å²) in [5, 5.41) is 7.58. The molecule has 1 atom stereocenters. The van der Waals surface area contributed by atoms with E-state index in [4.69, 9.17) is 9.47 Å². The van der Waals surface area contributed by atoms with Crippen molar-refractivity contribution < 1.29 is 23.9 Å². The minimum absolute atomic E-state index is 0.288. The van der Waals surface area contributed by atoms with Crippen LogP contribution in [0, 0.1) is 3.57 Å². The van der Waals surface area contributed by atoms with E-state index in [-0.39, 0.29) is 12.5 Å². The van der Waals surface area contributed by atoms with Crippen LogP contribution in [0.1, 0.15) is 27.7 Å². The fourth-order valence-corrected chi connectivity index (χ4v) is 2.26. The van der Waals surface area contributed by atoms with Gasteiger partial charge in [0.15, 0.2) is 0 Å². The van der Waals surface area contributed by atoms with Crippen LogP contribution in [0.2, 0.25) is 0 Å². The quantitative estimate of drug-likeness (QED) is 0.546. The molecular formula is C17H24IN3O5. The van der Waals surface area contributed by atoms with Crippen LogP contribution >= 0.6 is 22.6 Å². The minimum Gasteiger partial charge on any atom is -0.497 e. The highest BCUT2D eigenvalue weighted by Crippen LogP contribution is 2.24. The van der Waals surface area contributed by atoms with Gasteiger partial charge in [-0.05, 0) is 62.4 Å². The van der Waals surface area contributed by atoms with E-state index in [1.807, 2.05) is 6.07 Å². The molecule has 1 aromatic rings. The number of anilines is 1. The van der Waals surface area contributed by atoms with E-state index in [9.17, 15) is 14.4 Å². The van der Waals surface area contributed by atoms with Crippen molar-refractivity contribution in [1.29, 1.82) is 0 Å². The Balaban J connectivity index is 2.51. The lowest BCUT2D eigenvalue weighted by Gasteiger charge is -2.20. The molecule has 26 heavy (non-hydrogen) atoms. The number of rotatable bonds is 6. The second-order valence-electron chi connectivity index (χ2n) is 6.48. The number of ether oxygens (including phenoxy) is 2. The van der Waals surface area contributed by atoms with Gasteiger partial charge in [0.2, 0.25) is 11.8 Å². The number of halogens is 1. The van der Waals surface area contributed by atoms with Gasteiger partial charge in [-0.3, -0.25) is 9.59 Å². The second-order valence-corrected chi connectivity index (χ2v) is 7.64. The summed E-state index contributed by atoms with van der Waals surface area (Å²) in [5.41, 5.74) is -0.0651. The molecule has 8 nitrogen and oxygen atoms in total. The first kappa shape index (κ1) is 22.0. The molecule has 1 unspecified atom stereocenters. The highest BCUT2D eigenvalue weighted by Gasteiger charge is 2.19. The second kappa shape index (κ2) is 9.60. The molecule has 0 saturated heterocycles. The predicted molar refractivity (Wildman–Crippen MR) is 106 cm³/mol. The number of nitrogens with one attached hydrogen (secondary N) is 3. The van der Waals surface area contributed by atoms with E-state index in [0.29, 0.717) is 11.4 Å². The van der Waals surface area contributed by atoms with Crippen LogP contribution in [0.5, 0.6) is 5.75 Å². The molecule has 3 amide bonds. The lowest BCUT2D eigenvalue weighted by Crippen LogP contribution is -2.46. The zero-order chi connectivity index (χ0) is 19.9. The predicted octanol–water partition coefficient (Wildman–Crippen LogP) is 2.27. The number of amides is 3. The fourth-order valence-electron chi connectivity index (χ4n) is 1.79. The summed E-state index contributed by atoms with van der Waals surface area (Å²) >= 11 is 2.09. The van der Waals surface area contributed by atoms with E-state index < -0.39 is 23.6 Å². The van der Waals surface area contributed by atoms with Gasteiger partial charge in [0.25, 0.3) is 0 Å². The van der Waals surface area contributed by atoms with E-state index in [1.54, 1.807) is 39.8 Å². The van der Waals surface area contributed by atoms with Crippen LogP contribution in [0.3, 0.4) is 0 Å². The molecule has 0 saturated carbocycles. The van der Waals surface area contributed by atoms with Gasteiger partial charge in [-0.1, -0.05) is 0 Å². The first-order valence-corrected chi connectivity index (χ1v) is 9.00. The first-order valence-electron chi connectivity index (χ1n) is 7.92. The Labute approximate surface area is 166 Å². The molecule has 0 heterocycles. The molecule has 0 spiro atoms. The Bertz CT molecular complexity index is 673. The number of benzene rings is 1. The van der Waals surface area contributed by atoms with Crippen LogP contribution < -0.4 is 20.7 Å². The monoisotopic (exact) mass is 477 g/mol. The van der Waals surface area contributed by atoms with E-state index in [1.165, 1.54) is 7.11 Å². The lowest BCUT2D eigenvalue weighted by atomic mass is 10.2. The third-order valence-electron chi connectivity index (χ3n) is 2.99. The average Bonchev–Trinajstić information content (AvgIpc) is 2.53. The number of methoxy groups -OCH3 is 1. The molecule has 9 heteroatoms. The summed E-state index contributed by atoms with van der Waals surface area (Å²) < 4.78 is 11.0. The van der Waals surface area contributed by atoms with E-state index >= 15 is 0 Å². The third kappa shape index (κ3) is 7.89. The molecule has 0 aliphatic carbocycles. The first-order chi connectivity index (χ1) is 12.0. The zero-order valence-electron chi connectivity index (χ0n) is 15.4. The van der Waals surface area contributed by atoms with Gasteiger partial charge in [-0.15, -0.1) is 0 Å². The Morgan fingerprint density at radius 1 is 1.23 bits per heavy atom. The number of alkyl carbamates (subject to hydrolysis) is 1. The Hall–Kier alpha value is -2.04. The fraction of sp³-hybridized carbons (Fsp3) is 0.471. The summed E-state index contributed by atoms with van der Waals surface area (Å²) in [5.74, 6) is -0.278. The average molecular weight is 477 g/mol. The topological polar surface area (TPSA) is 106 Å². The van der Waals surface area contributed by atoms with Crippen molar-refractivity contribution in [3.63, 3.8) is 0 Å². The molecular weight excluding hydrogens is 453 g/mol. The normalized spacial score (nSPS) is 11.9. The van der Waals surface area contributed by atoms with Gasteiger partial charge < -0.3 is 25.4 Å². The van der Waals surface area contributed by atoms with Crippen molar-refractivity contribution >= 4 is 46.2 Å². The zero-order valence-corrected chi connectivity index (χ0v) is 17.6. The van der Waals surface area contributed by atoms with Crippen molar-refractivity contribution in [2.24, 2.45) is 0 Å². The van der Waals surface area contributed by atoms with Crippen LogP contribution in [0.15, 0.2) is 18.2 Å². The van der Waals surface area contributed by atoms with Crippen molar-refractivity contribution in [3.05, 3.63) is 21.8 Å². The largest absolute Gasteiger partial charge is 0.497 e. The van der Waals surface area contributed by atoms with Crippen LogP contribution in [-0.4, -0.2) is 43.2 Å². The SMILES string of the molecule is COc1ccc(I)c(NC(=O)C(C)NC(=O)CNC(=O)OC(C)(C)C)c1. The van der Waals surface area contributed by atoms with Gasteiger partial charge in [0, 0.05) is 9.64 Å². The highest BCUT2D eigenvalue weighted by molar-refractivity contribution is 14.1. The number of carbonyl (C=O) groups is 3. The van der Waals surface area contributed by atoms with Crippen LogP contribution in [0.25, 0.3) is 0 Å². The molecule has 3 N–H and O–H groups in total. The van der Waals surface area contributed by atoms with Crippen molar-refractivity contribution in [1.82, 2.24) is 10.6 Å². The Kier molecular flexibility index (Phi) is 8.12. The minimum atomic E-state index is -0.787. The lowest BCUT2D eigenvalue weighted by molar-refractivity contribution is -0.125. The molecule has 0 bridgehead atoms. The van der Waals surface area contributed by atoms with Crippen molar-refractivity contribution in [3.8, 4) is 5.75 Å². The van der Waals surface area contributed by atoms with Crippen LogP contribution in [0.4, 0.5) is 10.5 Å². The number of hydrogen-bond donors (Lipinski definition) is 3. The third-order valence-corrected chi connectivity index (χ3v) is 3.94. The standard InChI is InChI=1S/C17H24IN3O5/c1-10(20-14(22)9-19-16(24)26-17(2,3)4)15(23)21-13-8-11(25-5)6-7-12(13)18/h6-8,10H,9H2,1-5H3,(H,19,24)(H,20,22)(H,21,23). The molecule has 144 valence electrons. The summed E-state index contributed by atoms with van der Waals surface area (Å²) in [7, 11) is 1.54. The maximum absolute atomic E-state index is 12.2. The van der Waals surface area contributed by atoms with Crippen molar-refractivity contribution in [2.45, 2.75) is 39.3 Å². The van der Waals surface area contributed by atoms with Gasteiger partial charge in [-0.25, -0.2) is 4.79 Å². The highest BCUT2D eigenvalue weighted by atomic mass is 127. The number of carbonyl (C=O) groups excluding carboxylic acids is 3. The van der Waals surface area contributed by atoms with Crippen molar-refractivity contribution in [2.75, 3.05) is 19.0 Å². The molecule has 1 aromatic carbocycles. The molecule has 0 aromatic heterocycles. The molecule has 0 radical (unpaired) electrons. The van der Waals surface area contributed by atoms with Gasteiger partial charge >= 0.3 is 6.09 Å². The Morgan fingerprint density at radius 3 is 2.46 bits per heavy atom. The van der Waals surface area contributed by atoms with E-state index in [0.717, 1.165) is 3.57 Å². The maximum atomic E-state index is 12.2. The smallest absolute Gasteiger partial charge is 0.408 e. The van der Waals surface area contributed by atoms with Crippen LogP contribution in [-0.2, 0) is 14.3 Å². The number of hydrogen-bond acceptors (Lipinski definition) is 5. The summed E-state index contributed by atoms with van der Waals surface area (Å²) in [6.45, 7) is 6.42. The van der Waals surface area contributed by atoms with Gasteiger partial charge in [0.05, 0.1) is 12.8 Å². The summed E-state index contributed by atoms with van der Waals surface area (Å²) in [4.78, 5) is 35.6. The van der Waals surface area contributed by atoms with E-state index in [2.05, 4.69) is 38.5 Å². The summed E-state index contributed by atoms with van der Waals surface area (Å²) in [6, 6.07) is 4.50. The maximum Gasteiger partial charge on any atom is 0.408 e. The van der Waals surface area contributed by atoms with Gasteiger partial charge in [-0.2, -0.15) is 0 Å². The Morgan fingerprint density at radius 2 is 1.88 bits per heavy atom. The molecule has 0 fully saturated rings. The molecule has 0 aliphatic rings.